The lowest BCUT2D eigenvalue weighted by atomic mass is 10.0. The number of nitrogens with zero attached hydrogens (tertiary/aromatic N) is 4. The molecule has 2 aromatic carbocycles. The number of hydrogen-bond donors (Lipinski definition) is 1. The van der Waals surface area contributed by atoms with Crippen LogP contribution >= 0.6 is 0 Å². The monoisotopic (exact) mass is 509 g/mol. The SMILES string of the molecule is Cc1cc(C(C)Nc2ccccc2C(=O)OC(C)(C)C)c2nc(-c3ccc4nn(C)cc4c3)cc(=O)n2c1. The van der Waals surface area contributed by atoms with Crippen LogP contribution in [0.5, 0.6) is 0 Å². The molecule has 38 heavy (non-hydrogen) atoms. The Morgan fingerprint density at radius 2 is 1.82 bits per heavy atom. The van der Waals surface area contributed by atoms with Gasteiger partial charge in [0.1, 0.15) is 11.2 Å². The summed E-state index contributed by atoms with van der Waals surface area (Å²) in [4.78, 5) is 31.0. The lowest BCUT2D eigenvalue weighted by Gasteiger charge is -2.23. The Kier molecular flexibility index (Phi) is 6.26. The number of para-hydroxylation sites is 1. The van der Waals surface area contributed by atoms with E-state index in [1.807, 2.05) is 90.3 Å². The molecule has 0 saturated heterocycles. The van der Waals surface area contributed by atoms with Crippen molar-refractivity contribution in [1.82, 2.24) is 19.2 Å². The van der Waals surface area contributed by atoms with Gasteiger partial charge in [0.25, 0.3) is 5.56 Å². The molecule has 194 valence electrons. The van der Waals surface area contributed by atoms with E-state index in [2.05, 4.69) is 10.4 Å². The maximum absolute atomic E-state index is 13.2. The first kappa shape index (κ1) is 25.2. The number of rotatable bonds is 5. The number of fused-ring (bicyclic) bond motifs is 2. The maximum Gasteiger partial charge on any atom is 0.340 e. The van der Waals surface area contributed by atoms with Gasteiger partial charge >= 0.3 is 5.97 Å². The minimum Gasteiger partial charge on any atom is -0.456 e. The molecule has 0 amide bonds. The summed E-state index contributed by atoms with van der Waals surface area (Å²) in [6.07, 6.45) is 3.74. The van der Waals surface area contributed by atoms with Crippen LogP contribution in [0.2, 0.25) is 0 Å². The molecule has 3 aromatic heterocycles. The number of hydrogen-bond acceptors (Lipinski definition) is 6. The predicted octanol–water partition coefficient (Wildman–Crippen LogP) is 5.69. The topological polar surface area (TPSA) is 90.5 Å². The highest BCUT2D eigenvalue weighted by atomic mass is 16.6. The molecule has 0 radical (unpaired) electrons. The van der Waals surface area contributed by atoms with Gasteiger partial charge in [-0.15, -0.1) is 0 Å². The van der Waals surface area contributed by atoms with Crippen molar-refractivity contribution in [3.63, 3.8) is 0 Å². The second-order valence-corrected chi connectivity index (χ2v) is 10.6. The van der Waals surface area contributed by atoms with Crippen LogP contribution in [0, 0.1) is 6.92 Å². The molecule has 8 nitrogen and oxygen atoms in total. The number of carbonyl (C=O) groups excluding carboxylic acids is 1. The largest absolute Gasteiger partial charge is 0.456 e. The molecular weight excluding hydrogens is 478 g/mol. The van der Waals surface area contributed by atoms with Crippen LogP contribution in [-0.2, 0) is 11.8 Å². The Morgan fingerprint density at radius 1 is 1.05 bits per heavy atom. The highest BCUT2D eigenvalue weighted by Crippen LogP contribution is 2.28. The molecule has 0 aliphatic carbocycles. The van der Waals surface area contributed by atoms with Crippen molar-refractivity contribution in [2.45, 2.75) is 46.3 Å². The number of benzene rings is 2. The predicted molar refractivity (Wildman–Crippen MR) is 150 cm³/mol. The average molecular weight is 510 g/mol. The summed E-state index contributed by atoms with van der Waals surface area (Å²) in [5, 5.41) is 8.86. The summed E-state index contributed by atoms with van der Waals surface area (Å²) in [6, 6.07) is 16.4. The molecule has 1 atom stereocenters. The summed E-state index contributed by atoms with van der Waals surface area (Å²) in [6.45, 7) is 9.46. The molecule has 0 spiro atoms. The van der Waals surface area contributed by atoms with Crippen LogP contribution in [0.1, 0.15) is 55.2 Å². The Labute approximate surface area is 220 Å². The van der Waals surface area contributed by atoms with E-state index in [0.29, 0.717) is 22.6 Å². The fourth-order valence-corrected chi connectivity index (χ4v) is 4.58. The Morgan fingerprint density at radius 3 is 2.58 bits per heavy atom. The fourth-order valence-electron chi connectivity index (χ4n) is 4.58. The van der Waals surface area contributed by atoms with Crippen molar-refractivity contribution in [3.05, 3.63) is 94.0 Å². The van der Waals surface area contributed by atoms with Crippen molar-refractivity contribution < 1.29 is 9.53 Å². The van der Waals surface area contributed by atoms with Gasteiger partial charge in [0.05, 0.1) is 22.8 Å². The molecule has 0 aliphatic rings. The standard InChI is InChI=1S/C30H31N5O3/c1-18-13-23(19(2)31-25-10-8-7-9-22(25)29(37)38-30(3,4)5)28-32-26(15-27(36)35(28)16-18)20-11-12-24-21(14-20)17-34(6)33-24/h7-17,19,31H,1-6H3. The third-order valence-electron chi connectivity index (χ3n) is 6.23. The van der Waals surface area contributed by atoms with Gasteiger partial charge in [-0.2, -0.15) is 5.10 Å². The van der Waals surface area contributed by atoms with E-state index < -0.39 is 11.6 Å². The number of ether oxygens (including phenoxy) is 1. The molecule has 8 heteroatoms. The van der Waals surface area contributed by atoms with Gasteiger partial charge in [-0.25, -0.2) is 9.78 Å². The Hall–Kier alpha value is -4.46. The molecule has 0 aliphatic heterocycles. The molecule has 3 heterocycles. The lowest BCUT2D eigenvalue weighted by Crippen LogP contribution is -2.25. The van der Waals surface area contributed by atoms with Gasteiger partial charge in [0, 0.05) is 47.7 Å². The van der Waals surface area contributed by atoms with Crippen molar-refractivity contribution >= 4 is 28.2 Å². The highest BCUT2D eigenvalue weighted by Gasteiger charge is 2.22. The number of aromatic nitrogens is 4. The summed E-state index contributed by atoms with van der Waals surface area (Å²) < 4.78 is 8.95. The number of aryl methyl sites for hydroxylation is 2. The Bertz CT molecular complexity index is 1740. The number of carbonyl (C=O) groups is 1. The number of anilines is 1. The fraction of sp³-hybridized carbons (Fsp3) is 0.267. The molecular formula is C30H31N5O3. The van der Waals surface area contributed by atoms with Crippen LogP contribution in [0.4, 0.5) is 5.69 Å². The first-order chi connectivity index (χ1) is 18.0. The second-order valence-electron chi connectivity index (χ2n) is 10.6. The van der Waals surface area contributed by atoms with Crippen molar-refractivity contribution in [1.29, 1.82) is 0 Å². The maximum atomic E-state index is 13.2. The molecule has 5 aromatic rings. The van der Waals surface area contributed by atoms with Gasteiger partial charge in [-0.1, -0.05) is 18.2 Å². The third kappa shape index (κ3) is 5.02. The van der Waals surface area contributed by atoms with Crippen molar-refractivity contribution in [2.75, 3.05) is 5.32 Å². The smallest absolute Gasteiger partial charge is 0.340 e. The van der Waals surface area contributed by atoms with Crippen LogP contribution < -0.4 is 10.9 Å². The van der Waals surface area contributed by atoms with E-state index in [9.17, 15) is 9.59 Å². The van der Waals surface area contributed by atoms with Gasteiger partial charge in [-0.05, 0) is 70.5 Å². The Balaban J connectivity index is 1.57. The van der Waals surface area contributed by atoms with E-state index >= 15 is 0 Å². The summed E-state index contributed by atoms with van der Waals surface area (Å²) >= 11 is 0. The quantitative estimate of drug-likeness (QED) is 0.306. The van der Waals surface area contributed by atoms with Gasteiger partial charge in [0.2, 0.25) is 0 Å². The zero-order chi connectivity index (χ0) is 27.2. The molecule has 0 fully saturated rings. The molecule has 1 unspecified atom stereocenters. The van der Waals surface area contributed by atoms with Gasteiger partial charge in [-0.3, -0.25) is 13.9 Å². The first-order valence-electron chi connectivity index (χ1n) is 12.6. The van der Waals surface area contributed by atoms with E-state index in [1.165, 1.54) is 0 Å². The molecule has 5 rings (SSSR count). The average Bonchev–Trinajstić information content (AvgIpc) is 3.22. The number of esters is 1. The second kappa shape index (κ2) is 9.45. The molecule has 0 bridgehead atoms. The first-order valence-corrected chi connectivity index (χ1v) is 12.6. The van der Waals surface area contributed by atoms with E-state index in [-0.39, 0.29) is 11.6 Å². The van der Waals surface area contributed by atoms with Gasteiger partial charge in [0.15, 0.2) is 0 Å². The molecule has 0 saturated carbocycles. The summed E-state index contributed by atoms with van der Waals surface area (Å²) in [7, 11) is 1.88. The normalized spacial score (nSPS) is 12.6. The summed E-state index contributed by atoms with van der Waals surface area (Å²) in [5.74, 6) is -0.399. The lowest BCUT2D eigenvalue weighted by molar-refractivity contribution is 0.00706. The minimum absolute atomic E-state index is 0.164. The van der Waals surface area contributed by atoms with Crippen molar-refractivity contribution in [3.8, 4) is 11.3 Å². The van der Waals surface area contributed by atoms with E-state index in [4.69, 9.17) is 9.72 Å². The van der Waals surface area contributed by atoms with Crippen LogP contribution in [0.25, 0.3) is 27.8 Å². The summed E-state index contributed by atoms with van der Waals surface area (Å²) in [5.41, 5.74) is 4.95. The zero-order valence-electron chi connectivity index (χ0n) is 22.4. The number of pyridine rings is 1. The van der Waals surface area contributed by atoms with Crippen LogP contribution in [0.15, 0.2) is 71.8 Å². The number of nitrogens with one attached hydrogen (secondary N) is 1. The molecule has 1 N–H and O–H groups in total. The van der Waals surface area contributed by atoms with Crippen LogP contribution in [-0.4, -0.2) is 30.7 Å². The van der Waals surface area contributed by atoms with Gasteiger partial charge < -0.3 is 10.1 Å². The van der Waals surface area contributed by atoms with Crippen LogP contribution in [0.3, 0.4) is 0 Å². The van der Waals surface area contributed by atoms with E-state index in [1.54, 1.807) is 27.4 Å². The van der Waals surface area contributed by atoms with Crippen molar-refractivity contribution in [2.24, 2.45) is 7.05 Å². The zero-order valence-corrected chi connectivity index (χ0v) is 22.4. The minimum atomic E-state index is -0.608. The highest BCUT2D eigenvalue weighted by molar-refractivity contribution is 5.96. The van der Waals surface area contributed by atoms with E-state index in [0.717, 1.165) is 27.6 Å². The third-order valence-corrected chi connectivity index (χ3v) is 6.23.